The van der Waals surface area contributed by atoms with Crippen molar-refractivity contribution in [3.63, 3.8) is 0 Å². The van der Waals surface area contributed by atoms with Gasteiger partial charge in [-0.1, -0.05) is 32.0 Å². The molecule has 0 aromatic heterocycles. The summed E-state index contributed by atoms with van der Waals surface area (Å²) >= 11 is 0. The molecule has 0 N–H and O–H groups in total. The second-order valence-corrected chi connectivity index (χ2v) is 13.2. The van der Waals surface area contributed by atoms with Gasteiger partial charge in [-0.3, -0.25) is 9.59 Å². The summed E-state index contributed by atoms with van der Waals surface area (Å²) in [7, 11) is 2.19. The molecule has 1 spiro atoms. The van der Waals surface area contributed by atoms with E-state index in [1.54, 1.807) is 0 Å². The molecule has 0 unspecified atom stereocenters. The molecule has 6 nitrogen and oxygen atoms in total. The van der Waals surface area contributed by atoms with Crippen LogP contribution in [0.4, 0.5) is 11.4 Å². The Morgan fingerprint density at radius 1 is 0.902 bits per heavy atom. The van der Waals surface area contributed by atoms with Gasteiger partial charge in [-0.2, -0.15) is 0 Å². The smallest absolute Gasteiger partial charge is 0.258 e. The number of hydrogen-bond acceptors (Lipinski definition) is 4. The fraction of sp³-hybridized carbons (Fsp3) is 0.429. The van der Waals surface area contributed by atoms with Crippen LogP contribution >= 0.6 is 0 Å². The second-order valence-electron chi connectivity index (χ2n) is 13.2. The van der Waals surface area contributed by atoms with Gasteiger partial charge in [0.1, 0.15) is 5.75 Å². The number of anilines is 2. The quantitative estimate of drug-likeness (QED) is 0.403. The van der Waals surface area contributed by atoms with Crippen molar-refractivity contribution in [1.82, 2.24) is 4.90 Å². The van der Waals surface area contributed by atoms with Crippen LogP contribution in [0.3, 0.4) is 0 Å². The number of benzene rings is 3. The third-order valence-corrected chi connectivity index (χ3v) is 10.1. The van der Waals surface area contributed by atoms with Gasteiger partial charge in [0.15, 0.2) is 0 Å². The van der Waals surface area contributed by atoms with Gasteiger partial charge < -0.3 is 19.4 Å². The summed E-state index contributed by atoms with van der Waals surface area (Å²) in [6, 6.07) is 18.7. The maximum absolute atomic E-state index is 13.8. The van der Waals surface area contributed by atoms with Crippen LogP contribution in [0.5, 0.6) is 5.75 Å². The van der Waals surface area contributed by atoms with Gasteiger partial charge in [-0.15, -0.1) is 0 Å². The number of likely N-dealkylation sites (tertiary alicyclic amines) is 1. The van der Waals surface area contributed by atoms with E-state index in [-0.39, 0.29) is 22.6 Å². The molecule has 212 valence electrons. The van der Waals surface area contributed by atoms with Crippen LogP contribution in [0.2, 0.25) is 0 Å². The predicted molar refractivity (Wildman–Crippen MR) is 163 cm³/mol. The molecule has 4 aliphatic rings. The fourth-order valence-corrected chi connectivity index (χ4v) is 7.21. The molecule has 3 aromatic carbocycles. The van der Waals surface area contributed by atoms with E-state index in [0.29, 0.717) is 12.1 Å². The first-order valence-corrected chi connectivity index (χ1v) is 15.0. The highest BCUT2D eigenvalue weighted by Gasteiger charge is 2.44. The highest BCUT2D eigenvalue weighted by molar-refractivity contribution is 6.07. The van der Waals surface area contributed by atoms with Crippen molar-refractivity contribution in [3.8, 4) is 16.9 Å². The van der Waals surface area contributed by atoms with E-state index < -0.39 is 0 Å². The van der Waals surface area contributed by atoms with Crippen molar-refractivity contribution in [2.24, 2.45) is 5.41 Å². The Balaban J connectivity index is 1.11. The number of rotatable bonds is 3. The Morgan fingerprint density at radius 3 is 2.34 bits per heavy atom. The number of carbonyl (C=O) groups excluding carboxylic acids is 2. The molecule has 3 aromatic rings. The number of aryl methyl sites for hydroxylation is 1. The van der Waals surface area contributed by atoms with E-state index in [1.807, 2.05) is 54.0 Å². The molecule has 7 rings (SSSR count). The topological polar surface area (TPSA) is 53.1 Å². The molecule has 0 atom stereocenters. The summed E-state index contributed by atoms with van der Waals surface area (Å²) in [5.41, 5.74) is 8.27. The molecule has 6 heteroatoms. The summed E-state index contributed by atoms with van der Waals surface area (Å²) in [6.07, 6.45) is 3.92. The minimum absolute atomic E-state index is 0.0498. The molecular formula is C35H39N3O3. The first-order valence-electron chi connectivity index (χ1n) is 15.0. The van der Waals surface area contributed by atoms with Crippen LogP contribution in [0.15, 0.2) is 54.6 Å². The van der Waals surface area contributed by atoms with Crippen molar-refractivity contribution in [3.05, 3.63) is 76.9 Å². The number of ether oxygens (including phenoxy) is 1. The molecule has 0 bridgehead atoms. The lowest BCUT2D eigenvalue weighted by Crippen LogP contribution is -2.42. The number of hydrogen-bond donors (Lipinski definition) is 0. The standard InChI is InChI=1S/C35H39N3O3/c1-23-19-27(37-18-12-34(2,3)33(37)40)9-10-28(23)24-5-7-25(8-6-24)32(39)38-15-11-26-20-31-29(21-30(26)38)35(22-41-31)13-16-36(4)17-14-35/h5-10,19-21H,11-18,22H2,1-4H3. The van der Waals surface area contributed by atoms with Crippen LogP contribution in [-0.2, 0) is 16.6 Å². The second kappa shape index (κ2) is 9.45. The zero-order valence-corrected chi connectivity index (χ0v) is 24.6. The third kappa shape index (κ3) is 4.26. The summed E-state index contributed by atoms with van der Waals surface area (Å²) in [5, 5.41) is 0. The molecule has 0 saturated carbocycles. The van der Waals surface area contributed by atoms with Gasteiger partial charge in [0.05, 0.1) is 6.61 Å². The minimum atomic E-state index is -0.299. The lowest BCUT2D eigenvalue weighted by atomic mass is 9.74. The van der Waals surface area contributed by atoms with Crippen molar-refractivity contribution in [1.29, 1.82) is 0 Å². The van der Waals surface area contributed by atoms with E-state index in [0.717, 1.165) is 85.7 Å². The Bertz CT molecular complexity index is 1550. The van der Waals surface area contributed by atoms with Gasteiger partial charge in [-0.05, 0) is 111 Å². The number of fused-ring (bicyclic) bond motifs is 3. The number of nitrogens with zero attached hydrogens (tertiary/aromatic N) is 3. The Labute approximate surface area is 242 Å². The van der Waals surface area contributed by atoms with Gasteiger partial charge in [-0.25, -0.2) is 0 Å². The summed E-state index contributed by atoms with van der Waals surface area (Å²) in [6.45, 7) is 10.5. The van der Waals surface area contributed by atoms with E-state index in [2.05, 4.69) is 43.1 Å². The fourth-order valence-electron chi connectivity index (χ4n) is 7.21. The molecule has 0 aliphatic carbocycles. The van der Waals surface area contributed by atoms with Crippen LogP contribution in [0, 0.1) is 12.3 Å². The molecule has 2 fully saturated rings. The van der Waals surface area contributed by atoms with Crippen LogP contribution in [0.1, 0.15) is 60.2 Å². The van der Waals surface area contributed by atoms with Crippen molar-refractivity contribution in [2.45, 2.75) is 51.9 Å². The third-order valence-electron chi connectivity index (χ3n) is 10.1. The van der Waals surface area contributed by atoms with Crippen LogP contribution < -0.4 is 14.5 Å². The number of amides is 2. The maximum Gasteiger partial charge on any atom is 0.258 e. The monoisotopic (exact) mass is 549 g/mol. The zero-order valence-electron chi connectivity index (χ0n) is 24.6. The highest BCUT2D eigenvalue weighted by Crippen LogP contribution is 2.49. The molecular weight excluding hydrogens is 510 g/mol. The first kappa shape index (κ1) is 26.3. The summed E-state index contributed by atoms with van der Waals surface area (Å²) in [4.78, 5) is 32.8. The Kier molecular flexibility index (Phi) is 6.06. The molecule has 4 heterocycles. The van der Waals surface area contributed by atoms with Crippen molar-refractivity contribution >= 4 is 23.2 Å². The maximum atomic E-state index is 13.8. The van der Waals surface area contributed by atoms with Gasteiger partial charge >= 0.3 is 0 Å². The van der Waals surface area contributed by atoms with Crippen LogP contribution in [0.25, 0.3) is 11.1 Å². The first-order chi connectivity index (χ1) is 19.6. The Hall–Kier alpha value is -3.64. The molecule has 0 radical (unpaired) electrons. The van der Waals surface area contributed by atoms with Crippen molar-refractivity contribution in [2.75, 3.05) is 49.6 Å². The van der Waals surface area contributed by atoms with E-state index in [4.69, 9.17) is 4.74 Å². The van der Waals surface area contributed by atoms with Gasteiger partial charge in [0.2, 0.25) is 5.91 Å². The highest BCUT2D eigenvalue weighted by atomic mass is 16.5. The van der Waals surface area contributed by atoms with Gasteiger partial charge in [0, 0.05) is 46.4 Å². The van der Waals surface area contributed by atoms with E-state index in [1.165, 1.54) is 11.1 Å². The van der Waals surface area contributed by atoms with Crippen LogP contribution in [-0.4, -0.2) is 56.5 Å². The SMILES string of the molecule is Cc1cc(N2CCC(C)(C)C2=O)ccc1-c1ccc(C(=O)N2CCc3cc4c(cc32)C2(CCN(C)CC2)CO4)cc1. The average molecular weight is 550 g/mol. The largest absolute Gasteiger partial charge is 0.492 e. The predicted octanol–water partition coefficient (Wildman–Crippen LogP) is 5.98. The number of carbonyl (C=O) groups is 2. The summed E-state index contributed by atoms with van der Waals surface area (Å²) < 4.78 is 6.21. The normalized spacial score (nSPS) is 20.8. The molecule has 2 amide bonds. The average Bonchev–Trinajstić information content (AvgIpc) is 3.62. The van der Waals surface area contributed by atoms with Gasteiger partial charge in [0.25, 0.3) is 5.91 Å². The Morgan fingerprint density at radius 2 is 1.66 bits per heavy atom. The minimum Gasteiger partial charge on any atom is -0.492 e. The molecule has 4 aliphatic heterocycles. The number of piperidine rings is 1. The summed E-state index contributed by atoms with van der Waals surface area (Å²) in [5.74, 6) is 1.26. The lowest BCUT2D eigenvalue weighted by molar-refractivity contribution is -0.123. The van der Waals surface area contributed by atoms with E-state index in [9.17, 15) is 9.59 Å². The molecule has 41 heavy (non-hydrogen) atoms. The lowest BCUT2D eigenvalue weighted by Gasteiger charge is -2.37. The van der Waals surface area contributed by atoms with E-state index >= 15 is 0 Å². The van der Waals surface area contributed by atoms with Crippen molar-refractivity contribution < 1.29 is 14.3 Å². The molecule has 2 saturated heterocycles. The zero-order chi connectivity index (χ0) is 28.5.